The molecular formula is C22H26FN7. The lowest BCUT2D eigenvalue weighted by Gasteiger charge is -2.34. The van der Waals surface area contributed by atoms with E-state index in [1.807, 2.05) is 18.2 Å². The van der Waals surface area contributed by atoms with Crippen LogP contribution in [0.3, 0.4) is 0 Å². The number of halogens is 1. The first-order valence-electron chi connectivity index (χ1n) is 10.1. The van der Waals surface area contributed by atoms with Gasteiger partial charge in [0.05, 0.1) is 0 Å². The van der Waals surface area contributed by atoms with Gasteiger partial charge in [-0.2, -0.15) is 5.10 Å². The summed E-state index contributed by atoms with van der Waals surface area (Å²) >= 11 is 0. The highest BCUT2D eigenvalue weighted by molar-refractivity contribution is 5.80. The highest BCUT2D eigenvalue weighted by atomic mass is 19.1. The van der Waals surface area contributed by atoms with E-state index in [1.54, 1.807) is 19.2 Å². The van der Waals surface area contributed by atoms with E-state index in [4.69, 9.17) is 0 Å². The van der Waals surface area contributed by atoms with E-state index in [9.17, 15) is 4.39 Å². The summed E-state index contributed by atoms with van der Waals surface area (Å²) in [5.74, 6) is 1.35. The summed E-state index contributed by atoms with van der Waals surface area (Å²) in [6.07, 6.45) is 3.45. The lowest BCUT2D eigenvalue weighted by molar-refractivity contribution is 0.461. The molecule has 3 aromatic rings. The molecule has 2 heterocycles. The van der Waals surface area contributed by atoms with Gasteiger partial charge in [-0.15, -0.1) is 0 Å². The number of nitrogens with one attached hydrogen (secondary N) is 3. The molecule has 4 rings (SSSR count). The largest absolute Gasteiger partial charge is 0.371 e. The summed E-state index contributed by atoms with van der Waals surface area (Å²) in [7, 11) is 1.78. The Bertz CT molecular complexity index is 979. The van der Waals surface area contributed by atoms with Crippen LogP contribution in [0.2, 0.25) is 0 Å². The van der Waals surface area contributed by atoms with Crippen molar-refractivity contribution in [2.24, 2.45) is 4.99 Å². The van der Waals surface area contributed by atoms with Gasteiger partial charge < -0.3 is 15.5 Å². The molecule has 1 aromatic heterocycles. The number of aliphatic imine (C=N–C) groups is 1. The number of hydrogen-bond acceptors (Lipinski definition) is 4. The average molecular weight is 407 g/mol. The second-order valence-electron chi connectivity index (χ2n) is 7.35. The molecule has 156 valence electrons. The first-order chi connectivity index (χ1) is 14.7. The first kappa shape index (κ1) is 19.9. The summed E-state index contributed by atoms with van der Waals surface area (Å²) in [5, 5.41) is 13.7. The van der Waals surface area contributed by atoms with Gasteiger partial charge in [0.15, 0.2) is 11.8 Å². The smallest absolute Gasteiger partial charge is 0.191 e. The van der Waals surface area contributed by atoms with E-state index in [2.05, 4.69) is 47.8 Å². The summed E-state index contributed by atoms with van der Waals surface area (Å²) < 4.78 is 13.5. The van der Waals surface area contributed by atoms with Crippen LogP contribution in [0.15, 0.2) is 59.9 Å². The topological polar surface area (TPSA) is 81.2 Å². The van der Waals surface area contributed by atoms with E-state index < -0.39 is 0 Å². The number of piperidine rings is 1. The average Bonchev–Trinajstić information content (AvgIpc) is 3.32. The van der Waals surface area contributed by atoms with Crippen molar-refractivity contribution in [3.63, 3.8) is 0 Å². The fourth-order valence-electron chi connectivity index (χ4n) is 3.70. The molecular weight excluding hydrogens is 381 g/mol. The van der Waals surface area contributed by atoms with Crippen molar-refractivity contribution in [1.29, 1.82) is 0 Å². The minimum atomic E-state index is -0.190. The number of H-pyrrole nitrogens is 1. The number of hydrogen-bond donors (Lipinski definition) is 3. The monoisotopic (exact) mass is 407 g/mol. The Labute approximate surface area is 175 Å². The maximum atomic E-state index is 13.5. The number of benzene rings is 2. The van der Waals surface area contributed by atoms with E-state index >= 15 is 0 Å². The fraction of sp³-hybridized carbons (Fsp3) is 0.318. The van der Waals surface area contributed by atoms with Gasteiger partial charge in [-0.25, -0.2) is 9.37 Å². The van der Waals surface area contributed by atoms with E-state index in [0.717, 1.165) is 54.5 Å². The van der Waals surface area contributed by atoms with Crippen molar-refractivity contribution >= 4 is 11.6 Å². The summed E-state index contributed by atoms with van der Waals surface area (Å²) in [4.78, 5) is 10.8. The zero-order chi connectivity index (χ0) is 20.8. The number of anilines is 1. The highest BCUT2D eigenvalue weighted by Gasteiger charge is 2.20. The van der Waals surface area contributed by atoms with E-state index in [-0.39, 0.29) is 5.82 Å². The zero-order valence-electron chi connectivity index (χ0n) is 17.0. The highest BCUT2D eigenvalue weighted by Crippen LogP contribution is 2.21. The maximum absolute atomic E-state index is 13.5. The van der Waals surface area contributed by atoms with Crippen LogP contribution in [-0.4, -0.2) is 47.3 Å². The van der Waals surface area contributed by atoms with Crippen LogP contribution >= 0.6 is 0 Å². The summed E-state index contributed by atoms with van der Waals surface area (Å²) in [5.41, 5.74) is 3.08. The molecule has 0 atom stereocenters. The Morgan fingerprint density at radius 1 is 1.20 bits per heavy atom. The number of nitrogens with zero attached hydrogens (tertiary/aromatic N) is 4. The van der Waals surface area contributed by atoms with Crippen molar-refractivity contribution in [2.45, 2.75) is 25.4 Å². The number of guanidine groups is 1. The fourth-order valence-corrected chi connectivity index (χ4v) is 3.70. The Kier molecular flexibility index (Phi) is 6.22. The van der Waals surface area contributed by atoms with Gasteiger partial charge in [0.1, 0.15) is 12.1 Å². The molecule has 1 saturated heterocycles. The SMILES string of the molecule is CN=C(NCc1cccc(-c2ncn[nH]2)c1)NC1CCN(c2cccc(F)c2)CC1. The molecule has 1 fully saturated rings. The second kappa shape index (κ2) is 9.39. The molecule has 30 heavy (non-hydrogen) atoms. The molecule has 1 aliphatic heterocycles. The van der Waals surface area contributed by atoms with Gasteiger partial charge in [-0.05, 0) is 42.7 Å². The normalized spacial score (nSPS) is 15.3. The first-order valence-corrected chi connectivity index (χ1v) is 10.1. The lowest BCUT2D eigenvalue weighted by atomic mass is 10.0. The Morgan fingerprint density at radius 3 is 2.77 bits per heavy atom. The molecule has 8 heteroatoms. The third kappa shape index (κ3) is 4.94. The van der Waals surface area contributed by atoms with Crippen LogP contribution in [-0.2, 0) is 6.54 Å². The van der Waals surface area contributed by atoms with Crippen LogP contribution in [0.5, 0.6) is 0 Å². The van der Waals surface area contributed by atoms with Crippen molar-refractivity contribution in [1.82, 2.24) is 25.8 Å². The van der Waals surface area contributed by atoms with Gasteiger partial charge in [-0.3, -0.25) is 10.1 Å². The molecule has 3 N–H and O–H groups in total. The van der Waals surface area contributed by atoms with Crippen LogP contribution in [0.25, 0.3) is 11.4 Å². The Hall–Kier alpha value is -3.42. The number of rotatable bonds is 5. The minimum Gasteiger partial charge on any atom is -0.371 e. The molecule has 0 radical (unpaired) electrons. The van der Waals surface area contributed by atoms with E-state index in [0.29, 0.717) is 12.6 Å². The van der Waals surface area contributed by atoms with Crippen molar-refractivity contribution < 1.29 is 4.39 Å². The van der Waals surface area contributed by atoms with Crippen LogP contribution in [0.4, 0.5) is 10.1 Å². The maximum Gasteiger partial charge on any atom is 0.191 e. The molecule has 0 spiro atoms. The molecule has 1 aliphatic rings. The van der Waals surface area contributed by atoms with E-state index in [1.165, 1.54) is 12.4 Å². The zero-order valence-corrected chi connectivity index (χ0v) is 17.0. The molecule has 0 unspecified atom stereocenters. The molecule has 0 saturated carbocycles. The molecule has 7 nitrogen and oxygen atoms in total. The van der Waals surface area contributed by atoms with Gasteiger partial charge in [-0.1, -0.05) is 24.3 Å². The second-order valence-corrected chi connectivity index (χ2v) is 7.35. The predicted molar refractivity (Wildman–Crippen MR) is 117 cm³/mol. The van der Waals surface area contributed by atoms with Crippen molar-refractivity contribution in [3.05, 3.63) is 66.2 Å². The molecule has 0 aliphatic carbocycles. The van der Waals surface area contributed by atoms with Crippen LogP contribution in [0.1, 0.15) is 18.4 Å². The lowest BCUT2D eigenvalue weighted by Crippen LogP contribution is -2.48. The van der Waals surface area contributed by atoms with Crippen molar-refractivity contribution in [3.8, 4) is 11.4 Å². The summed E-state index contributed by atoms with van der Waals surface area (Å²) in [6.45, 7) is 2.43. The molecule has 0 bridgehead atoms. The third-order valence-corrected chi connectivity index (χ3v) is 5.31. The number of aromatic amines is 1. The third-order valence-electron chi connectivity index (χ3n) is 5.31. The quantitative estimate of drug-likeness (QED) is 0.448. The summed E-state index contributed by atoms with van der Waals surface area (Å²) in [6, 6.07) is 15.3. The predicted octanol–water partition coefficient (Wildman–Crippen LogP) is 2.94. The van der Waals surface area contributed by atoms with Gasteiger partial charge in [0, 0.05) is 44.0 Å². The number of aromatic nitrogens is 3. The Morgan fingerprint density at radius 2 is 2.03 bits per heavy atom. The van der Waals surface area contributed by atoms with Gasteiger partial charge in [0.2, 0.25) is 0 Å². The van der Waals surface area contributed by atoms with Gasteiger partial charge >= 0.3 is 0 Å². The van der Waals surface area contributed by atoms with Crippen molar-refractivity contribution in [2.75, 3.05) is 25.0 Å². The molecule has 2 aromatic carbocycles. The standard InChI is InChI=1S/C22H26FN7/c1-24-22(25-14-16-4-2-5-17(12-16)21-26-15-27-29-21)28-19-8-10-30(11-9-19)20-7-3-6-18(23)13-20/h2-7,12-13,15,19H,8-11,14H2,1H3,(H2,24,25,28)(H,26,27,29). The molecule has 0 amide bonds. The minimum absolute atomic E-state index is 0.190. The Balaban J connectivity index is 1.28. The van der Waals surface area contributed by atoms with Crippen LogP contribution < -0.4 is 15.5 Å². The van der Waals surface area contributed by atoms with Gasteiger partial charge in [0.25, 0.3) is 0 Å². The van der Waals surface area contributed by atoms with Crippen LogP contribution in [0, 0.1) is 5.82 Å².